The normalized spacial score (nSPS) is 17.1. The number of nitrogens with zero attached hydrogens (tertiary/aromatic N) is 2. The molecule has 1 amide bonds. The summed E-state index contributed by atoms with van der Waals surface area (Å²) in [7, 11) is -3.51. The molecule has 0 unspecified atom stereocenters. The number of hydrogen-bond donors (Lipinski definition) is 1. The van der Waals surface area contributed by atoms with Crippen LogP contribution in [0.15, 0.2) is 29.2 Å². The van der Waals surface area contributed by atoms with Gasteiger partial charge < -0.3 is 5.32 Å². The van der Waals surface area contributed by atoms with Gasteiger partial charge in [-0.25, -0.2) is 8.42 Å². The van der Waals surface area contributed by atoms with Gasteiger partial charge in [0.15, 0.2) is 0 Å². The van der Waals surface area contributed by atoms with Crippen molar-refractivity contribution in [3.63, 3.8) is 0 Å². The summed E-state index contributed by atoms with van der Waals surface area (Å²) in [5, 5.41) is 12.9. The van der Waals surface area contributed by atoms with Crippen LogP contribution in [0.2, 0.25) is 0 Å². The van der Waals surface area contributed by atoms with E-state index >= 15 is 0 Å². The van der Waals surface area contributed by atoms with Crippen LogP contribution in [0.25, 0.3) is 0 Å². The fraction of sp³-hybridized carbons (Fsp3) is 0.400. The molecule has 6 nitrogen and oxygen atoms in total. The van der Waals surface area contributed by atoms with Crippen LogP contribution in [-0.4, -0.2) is 31.7 Å². The second-order valence-electron chi connectivity index (χ2n) is 7.12. The van der Waals surface area contributed by atoms with Crippen LogP contribution in [0.4, 0.5) is 5.00 Å². The lowest BCUT2D eigenvalue weighted by Crippen LogP contribution is -2.35. The van der Waals surface area contributed by atoms with Crippen LogP contribution in [0.1, 0.15) is 52.0 Å². The Labute approximate surface area is 168 Å². The summed E-state index contributed by atoms with van der Waals surface area (Å²) in [6.07, 6.45) is 5.71. The molecule has 0 atom stereocenters. The number of carbonyl (C=O) groups is 1. The van der Waals surface area contributed by atoms with Crippen molar-refractivity contribution >= 4 is 32.3 Å². The zero-order chi connectivity index (χ0) is 19.7. The summed E-state index contributed by atoms with van der Waals surface area (Å²) in [5.74, 6) is -0.335. The van der Waals surface area contributed by atoms with Crippen LogP contribution in [0.3, 0.4) is 0 Å². The van der Waals surface area contributed by atoms with Crippen molar-refractivity contribution in [1.29, 1.82) is 5.26 Å². The fourth-order valence-electron chi connectivity index (χ4n) is 3.82. The molecular formula is C20H21N3O3S2. The maximum atomic E-state index is 12.7. The summed E-state index contributed by atoms with van der Waals surface area (Å²) in [6, 6.07) is 8.23. The van der Waals surface area contributed by atoms with E-state index in [1.54, 1.807) is 0 Å². The van der Waals surface area contributed by atoms with Gasteiger partial charge in [0.05, 0.1) is 10.5 Å². The van der Waals surface area contributed by atoms with Crippen molar-refractivity contribution < 1.29 is 13.2 Å². The summed E-state index contributed by atoms with van der Waals surface area (Å²) in [4.78, 5) is 14.0. The van der Waals surface area contributed by atoms with Crippen LogP contribution in [-0.2, 0) is 22.9 Å². The molecule has 146 valence electrons. The van der Waals surface area contributed by atoms with E-state index in [2.05, 4.69) is 11.4 Å². The molecule has 2 heterocycles. The van der Waals surface area contributed by atoms with Crippen LogP contribution < -0.4 is 5.32 Å². The Morgan fingerprint density at radius 1 is 1.07 bits per heavy atom. The van der Waals surface area contributed by atoms with E-state index in [9.17, 15) is 18.5 Å². The standard InChI is InChI=1S/C20H21N3O3S2/c21-13-17-16-5-4-6-18(16)27-20(17)22-19(24)14-7-9-15(10-8-14)28(25,26)23-11-2-1-3-12-23/h7-10H,1-6,11-12H2,(H,22,24). The number of benzene rings is 1. The Morgan fingerprint density at radius 3 is 2.46 bits per heavy atom. The van der Waals surface area contributed by atoms with Gasteiger partial charge in [0.2, 0.25) is 10.0 Å². The first-order valence-corrected chi connectivity index (χ1v) is 11.7. The molecule has 1 N–H and O–H groups in total. The number of sulfonamides is 1. The Balaban J connectivity index is 1.51. The number of rotatable bonds is 4. The summed E-state index contributed by atoms with van der Waals surface area (Å²) >= 11 is 1.47. The van der Waals surface area contributed by atoms with Crippen molar-refractivity contribution in [2.45, 2.75) is 43.4 Å². The molecule has 4 rings (SSSR count). The number of hydrogen-bond acceptors (Lipinski definition) is 5. The van der Waals surface area contributed by atoms with E-state index < -0.39 is 10.0 Å². The topological polar surface area (TPSA) is 90.3 Å². The molecule has 0 bridgehead atoms. The quantitative estimate of drug-likeness (QED) is 0.827. The predicted molar refractivity (Wildman–Crippen MR) is 108 cm³/mol. The summed E-state index contributed by atoms with van der Waals surface area (Å²) < 4.78 is 26.9. The van der Waals surface area contributed by atoms with Crippen LogP contribution in [0.5, 0.6) is 0 Å². The number of nitrogens with one attached hydrogen (secondary N) is 1. The average Bonchev–Trinajstić information content (AvgIpc) is 3.29. The molecule has 1 aliphatic carbocycles. The van der Waals surface area contributed by atoms with Gasteiger partial charge in [-0.1, -0.05) is 6.42 Å². The fourth-order valence-corrected chi connectivity index (χ4v) is 6.57. The highest BCUT2D eigenvalue weighted by Gasteiger charge is 2.26. The maximum Gasteiger partial charge on any atom is 0.256 e. The molecule has 0 radical (unpaired) electrons. The van der Waals surface area contributed by atoms with Gasteiger partial charge in [0, 0.05) is 23.5 Å². The lowest BCUT2D eigenvalue weighted by Gasteiger charge is -2.25. The van der Waals surface area contributed by atoms with E-state index in [0.717, 1.165) is 44.1 Å². The van der Waals surface area contributed by atoms with Gasteiger partial charge >= 0.3 is 0 Å². The second-order valence-corrected chi connectivity index (χ2v) is 10.2. The number of piperidine rings is 1. The zero-order valence-corrected chi connectivity index (χ0v) is 17.0. The van der Waals surface area contributed by atoms with Crippen molar-refractivity contribution in [3.05, 3.63) is 45.8 Å². The van der Waals surface area contributed by atoms with Crippen LogP contribution in [0, 0.1) is 11.3 Å². The van der Waals surface area contributed by atoms with Crippen molar-refractivity contribution in [1.82, 2.24) is 4.31 Å². The van der Waals surface area contributed by atoms with E-state index in [4.69, 9.17) is 0 Å². The molecule has 2 aromatic rings. The molecule has 1 fully saturated rings. The predicted octanol–water partition coefficient (Wildman–Crippen LogP) is 3.54. The minimum atomic E-state index is -3.51. The lowest BCUT2D eigenvalue weighted by atomic mass is 10.1. The Kier molecular flexibility index (Phi) is 5.23. The third kappa shape index (κ3) is 3.46. The maximum absolute atomic E-state index is 12.7. The molecule has 1 saturated heterocycles. The first kappa shape index (κ1) is 19.1. The third-order valence-corrected chi connectivity index (χ3v) is 8.45. The Hall–Kier alpha value is -2.21. The molecule has 0 spiro atoms. The number of aryl methyl sites for hydroxylation is 1. The van der Waals surface area contributed by atoms with Crippen molar-refractivity contribution in [3.8, 4) is 6.07 Å². The minimum Gasteiger partial charge on any atom is -0.312 e. The Bertz CT molecular complexity index is 1040. The number of thiophene rings is 1. The van der Waals surface area contributed by atoms with Gasteiger partial charge in [-0.15, -0.1) is 11.3 Å². The van der Waals surface area contributed by atoms with E-state index in [0.29, 0.717) is 29.2 Å². The monoisotopic (exact) mass is 415 g/mol. The largest absolute Gasteiger partial charge is 0.312 e. The van der Waals surface area contributed by atoms with Gasteiger partial charge in [-0.2, -0.15) is 9.57 Å². The number of nitriles is 1. The molecule has 28 heavy (non-hydrogen) atoms. The molecule has 1 aromatic heterocycles. The summed E-state index contributed by atoms with van der Waals surface area (Å²) in [5.41, 5.74) is 2.00. The smallest absolute Gasteiger partial charge is 0.256 e. The second kappa shape index (κ2) is 7.66. The third-order valence-electron chi connectivity index (χ3n) is 5.33. The average molecular weight is 416 g/mol. The molecule has 1 aliphatic heterocycles. The first-order valence-electron chi connectivity index (χ1n) is 9.47. The van der Waals surface area contributed by atoms with Gasteiger partial charge in [-0.3, -0.25) is 4.79 Å². The first-order chi connectivity index (χ1) is 13.5. The molecule has 2 aliphatic rings. The van der Waals surface area contributed by atoms with E-state index in [-0.39, 0.29) is 10.8 Å². The number of amides is 1. The van der Waals surface area contributed by atoms with Crippen LogP contribution >= 0.6 is 11.3 Å². The number of fused-ring (bicyclic) bond motifs is 1. The highest BCUT2D eigenvalue weighted by Crippen LogP contribution is 2.38. The molecule has 1 aromatic carbocycles. The number of carbonyl (C=O) groups excluding carboxylic acids is 1. The number of anilines is 1. The summed E-state index contributed by atoms with van der Waals surface area (Å²) in [6.45, 7) is 1.09. The van der Waals surface area contributed by atoms with E-state index in [1.807, 2.05) is 0 Å². The van der Waals surface area contributed by atoms with Gasteiger partial charge in [0.1, 0.15) is 11.1 Å². The molecular weight excluding hydrogens is 394 g/mol. The van der Waals surface area contributed by atoms with Gasteiger partial charge in [-0.05, 0) is 61.9 Å². The molecule has 0 saturated carbocycles. The van der Waals surface area contributed by atoms with Crippen molar-refractivity contribution in [2.24, 2.45) is 0 Å². The van der Waals surface area contributed by atoms with E-state index in [1.165, 1.54) is 44.8 Å². The van der Waals surface area contributed by atoms with Crippen molar-refractivity contribution in [2.75, 3.05) is 18.4 Å². The molecule has 8 heteroatoms. The highest BCUT2D eigenvalue weighted by atomic mass is 32.2. The minimum absolute atomic E-state index is 0.207. The zero-order valence-electron chi connectivity index (χ0n) is 15.4. The lowest BCUT2D eigenvalue weighted by molar-refractivity contribution is 0.102. The highest BCUT2D eigenvalue weighted by molar-refractivity contribution is 7.89. The SMILES string of the molecule is N#Cc1c(NC(=O)c2ccc(S(=O)(=O)N3CCCCC3)cc2)sc2c1CCC2. The Morgan fingerprint density at radius 2 is 1.79 bits per heavy atom. The van der Waals surface area contributed by atoms with Gasteiger partial charge in [0.25, 0.3) is 5.91 Å².